The second-order valence-corrected chi connectivity index (χ2v) is 4.53. The summed E-state index contributed by atoms with van der Waals surface area (Å²) in [6.07, 6.45) is 5.63. The molecule has 0 unspecified atom stereocenters. The minimum atomic E-state index is -0.413. The zero-order valence-electron chi connectivity index (χ0n) is 10.3. The van der Waals surface area contributed by atoms with Crippen LogP contribution in [0.1, 0.15) is 18.5 Å². The van der Waals surface area contributed by atoms with E-state index < -0.39 is 5.82 Å². The van der Waals surface area contributed by atoms with E-state index in [2.05, 4.69) is 15.3 Å². The van der Waals surface area contributed by atoms with Crippen LogP contribution in [0, 0.1) is 5.82 Å². The van der Waals surface area contributed by atoms with Gasteiger partial charge in [-0.2, -0.15) is 0 Å². The topological polar surface area (TPSA) is 47.0 Å². The Labute approximate surface area is 110 Å². The lowest BCUT2D eigenvalue weighted by atomic mass is 10.3. The quantitative estimate of drug-likeness (QED) is 0.896. The number of nitrogens with one attached hydrogen (secondary N) is 1. The molecular weight excluding hydrogens is 245 g/mol. The second-order valence-electron chi connectivity index (χ2n) is 4.53. The maximum absolute atomic E-state index is 13.4. The number of hydrogen-bond acceptors (Lipinski definition) is 4. The largest absolute Gasteiger partial charge is 0.434 e. The molecule has 1 fully saturated rings. The van der Waals surface area contributed by atoms with E-state index in [4.69, 9.17) is 4.74 Å². The van der Waals surface area contributed by atoms with E-state index in [0.717, 1.165) is 5.69 Å². The van der Waals surface area contributed by atoms with Gasteiger partial charge in [-0.3, -0.25) is 4.98 Å². The van der Waals surface area contributed by atoms with Crippen molar-refractivity contribution in [3.05, 3.63) is 48.2 Å². The number of nitrogens with zero attached hydrogens (tertiary/aromatic N) is 2. The van der Waals surface area contributed by atoms with E-state index >= 15 is 0 Å². The molecular formula is C14H14FN3O. The average Bonchev–Trinajstić information content (AvgIpc) is 3.25. The maximum Gasteiger partial charge on any atom is 0.237 e. The van der Waals surface area contributed by atoms with Crippen molar-refractivity contribution in [3.63, 3.8) is 0 Å². The highest BCUT2D eigenvalue weighted by atomic mass is 19.1. The van der Waals surface area contributed by atoms with Crippen molar-refractivity contribution in [3.8, 4) is 11.6 Å². The first kappa shape index (κ1) is 12.0. The Bertz CT molecular complexity index is 555. The number of ether oxygens (including phenoxy) is 1. The first-order chi connectivity index (χ1) is 9.31. The van der Waals surface area contributed by atoms with Crippen LogP contribution < -0.4 is 10.1 Å². The number of aromatic nitrogens is 2. The predicted octanol–water partition coefficient (Wildman–Crippen LogP) is 2.66. The van der Waals surface area contributed by atoms with Crippen molar-refractivity contribution < 1.29 is 9.13 Å². The summed E-state index contributed by atoms with van der Waals surface area (Å²) < 4.78 is 18.7. The van der Waals surface area contributed by atoms with Gasteiger partial charge in [0.05, 0.1) is 18.1 Å². The Morgan fingerprint density at radius 3 is 2.74 bits per heavy atom. The first-order valence-electron chi connectivity index (χ1n) is 6.28. The van der Waals surface area contributed by atoms with Gasteiger partial charge in [0.2, 0.25) is 5.88 Å². The molecule has 3 rings (SSSR count). The van der Waals surface area contributed by atoms with Gasteiger partial charge in [0.25, 0.3) is 0 Å². The lowest BCUT2D eigenvalue weighted by molar-refractivity contribution is 0.424. The van der Waals surface area contributed by atoms with Crippen LogP contribution in [-0.2, 0) is 6.54 Å². The van der Waals surface area contributed by atoms with Gasteiger partial charge >= 0.3 is 0 Å². The number of hydrogen-bond donors (Lipinski definition) is 1. The molecule has 0 spiro atoms. The van der Waals surface area contributed by atoms with E-state index in [1.165, 1.54) is 25.1 Å². The average molecular weight is 259 g/mol. The van der Waals surface area contributed by atoms with E-state index in [1.807, 2.05) is 0 Å². The smallest absolute Gasteiger partial charge is 0.237 e. The molecule has 0 atom stereocenters. The van der Waals surface area contributed by atoms with Crippen molar-refractivity contribution >= 4 is 0 Å². The third-order valence-corrected chi connectivity index (χ3v) is 2.88. The molecule has 0 amide bonds. The third-order valence-electron chi connectivity index (χ3n) is 2.88. The van der Waals surface area contributed by atoms with Crippen LogP contribution in [0.5, 0.6) is 11.6 Å². The maximum atomic E-state index is 13.4. The van der Waals surface area contributed by atoms with Gasteiger partial charge in [-0.05, 0) is 25.0 Å². The number of benzene rings is 1. The van der Waals surface area contributed by atoms with Crippen molar-refractivity contribution in [2.75, 3.05) is 0 Å². The molecule has 1 aromatic heterocycles. The van der Waals surface area contributed by atoms with Gasteiger partial charge < -0.3 is 10.1 Å². The molecule has 0 bridgehead atoms. The number of halogens is 1. The molecule has 1 aliphatic carbocycles. The summed E-state index contributed by atoms with van der Waals surface area (Å²) in [5, 5.41) is 3.35. The van der Waals surface area contributed by atoms with Crippen LogP contribution in [0.15, 0.2) is 36.7 Å². The zero-order chi connectivity index (χ0) is 13.1. The molecule has 1 N–H and O–H groups in total. The van der Waals surface area contributed by atoms with Crippen LogP contribution >= 0.6 is 0 Å². The summed E-state index contributed by atoms with van der Waals surface area (Å²) in [4.78, 5) is 8.35. The van der Waals surface area contributed by atoms with Gasteiger partial charge in [0.15, 0.2) is 11.6 Å². The Hall–Kier alpha value is -2.01. The van der Waals surface area contributed by atoms with Crippen molar-refractivity contribution in [1.29, 1.82) is 0 Å². The molecule has 0 radical (unpaired) electrons. The molecule has 98 valence electrons. The van der Waals surface area contributed by atoms with Crippen molar-refractivity contribution in [2.45, 2.75) is 25.4 Å². The molecule has 1 saturated carbocycles. The molecule has 1 aromatic carbocycles. The van der Waals surface area contributed by atoms with E-state index in [-0.39, 0.29) is 5.75 Å². The van der Waals surface area contributed by atoms with Gasteiger partial charge in [-0.1, -0.05) is 12.1 Å². The summed E-state index contributed by atoms with van der Waals surface area (Å²) >= 11 is 0. The Morgan fingerprint density at radius 2 is 2.05 bits per heavy atom. The van der Waals surface area contributed by atoms with Gasteiger partial charge in [-0.25, -0.2) is 9.37 Å². The lowest BCUT2D eigenvalue weighted by Gasteiger charge is -2.06. The molecule has 19 heavy (non-hydrogen) atoms. The molecule has 1 aliphatic rings. The van der Waals surface area contributed by atoms with Gasteiger partial charge in [0, 0.05) is 12.6 Å². The Kier molecular flexibility index (Phi) is 3.37. The molecule has 4 nitrogen and oxygen atoms in total. The highest BCUT2D eigenvalue weighted by Crippen LogP contribution is 2.22. The van der Waals surface area contributed by atoms with Crippen LogP contribution in [-0.4, -0.2) is 16.0 Å². The summed E-state index contributed by atoms with van der Waals surface area (Å²) in [6.45, 7) is 0.706. The molecule has 0 aliphatic heterocycles. The highest BCUT2D eigenvalue weighted by Gasteiger charge is 2.20. The summed E-state index contributed by atoms with van der Waals surface area (Å²) in [7, 11) is 0. The van der Waals surface area contributed by atoms with Crippen molar-refractivity contribution in [2.24, 2.45) is 0 Å². The molecule has 2 aromatic rings. The molecule has 1 heterocycles. The Morgan fingerprint density at radius 1 is 1.21 bits per heavy atom. The SMILES string of the molecule is Fc1ccccc1Oc1cnc(CNC2CC2)cn1. The monoisotopic (exact) mass is 259 g/mol. The number of para-hydroxylation sites is 1. The van der Waals surface area contributed by atoms with E-state index in [1.54, 1.807) is 24.4 Å². The van der Waals surface area contributed by atoms with E-state index in [9.17, 15) is 4.39 Å². The van der Waals surface area contributed by atoms with Crippen LogP contribution in [0.3, 0.4) is 0 Å². The zero-order valence-corrected chi connectivity index (χ0v) is 10.3. The minimum absolute atomic E-state index is 0.153. The van der Waals surface area contributed by atoms with E-state index in [0.29, 0.717) is 18.5 Å². The Balaban J connectivity index is 1.63. The van der Waals surface area contributed by atoms with Crippen LogP contribution in [0.2, 0.25) is 0 Å². The standard InChI is InChI=1S/C14H14FN3O/c15-12-3-1-2-4-13(12)19-14-9-17-11(8-18-14)7-16-10-5-6-10/h1-4,8-10,16H,5-7H2. The highest BCUT2D eigenvalue weighted by molar-refractivity contribution is 5.27. The fraction of sp³-hybridized carbons (Fsp3) is 0.286. The lowest BCUT2D eigenvalue weighted by Crippen LogP contribution is -2.16. The molecule has 0 saturated heterocycles. The van der Waals surface area contributed by atoms with Crippen LogP contribution in [0.25, 0.3) is 0 Å². The van der Waals surface area contributed by atoms with Crippen LogP contribution in [0.4, 0.5) is 4.39 Å². The minimum Gasteiger partial charge on any atom is -0.434 e. The normalized spacial score (nSPS) is 14.4. The van der Waals surface area contributed by atoms with Gasteiger partial charge in [-0.15, -0.1) is 0 Å². The fourth-order valence-corrected chi connectivity index (χ4v) is 1.66. The second kappa shape index (κ2) is 5.32. The van der Waals surface area contributed by atoms with Crippen molar-refractivity contribution in [1.82, 2.24) is 15.3 Å². The summed E-state index contributed by atoms with van der Waals surface area (Å²) in [5.41, 5.74) is 0.854. The molecule has 5 heteroatoms. The summed E-state index contributed by atoms with van der Waals surface area (Å²) in [5.74, 6) is 0.0321. The first-order valence-corrected chi connectivity index (χ1v) is 6.28. The fourth-order valence-electron chi connectivity index (χ4n) is 1.66. The summed E-state index contributed by atoms with van der Waals surface area (Å²) in [6, 6.07) is 6.85. The number of rotatable bonds is 5. The third kappa shape index (κ3) is 3.26. The predicted molar refractivity (Wildman–Crippen MR) is 68.4 cm³/mol. The van der Waals surface area contributed by atoms with Gasteiger partial charge in [0.1, 0.15) is 0 Å².